The summed E-state index contributed by atoms with van der Waals surface area (Å²) in [5, 5.41) is 22.1. The quantitative estimate of drug-likeness (QED) is 0.559. The van der Waals surface area contributed by atoms with Gasteiger partial charge in [0.2, 0.25) is 11.7 Å². The fourth-order valence-corrected chi connectivity index (χ4v) is 2.20. The third-order valence-corrected chi connectivity index (χ3v) is 3.50. The second-order valence-electron chi connectivity index (χ2n) is 4.89. The molecule has 0 amide bonds. The van der Waals surface area contributed by atoms with Gasteiger partial charge < -0.3 is 26.0 Å². The van der Waals surface area contributed by atoms with E-state index in [1.54, 1.807) is 7.05 Å². The van der Waals surface area contributed by atoms with Crippen molar-refractivity contribution >= 4 is 22.9 Å². The van der Waals surface area contributed by atoms with E-state index in [4.69, 9.17) is 15.6 Å². The number of nitrogens with zero attached hydrogens (tertiary/aromatic N) is 4. The number of nitrogens with two attached hydrogens (primary N) is 1. The molecule has 0 aliphatic rings. The number of aromatic nitrogens is 4. The number of rotatable bonds is 6. The zero-order valence-electron chi connectivity index (χ0n) is 12.5. The van der Waals surface area contributed by atoms with Gasteiger partial charge in [-0.1, -0.05) is 0 Å². The predicted molar refractivity (Wildman–Crippen MR) is 77.9 cm³/mol. The molecule has 5 N–H and O–H groups in total. The van der Waals surface area contributed by atoms with Gasteiger partial charge in [-0.15, -0.1) is 0 Å². The van der Waals surface area contributed by atoms with Crippen LogP contribution in [0.2, 0.25) is 0 Å². The van der Waals surface area contributed by atoms with Crippen molar-refractivity contribution in [1.82, 2.24) is 19.5 Å². The summed E-state index contributed by atoms with van der Waals surface area (Å²) in [6, 6.07) is 0. The van der Waals surface area contributed by atoms with Crippen molar-refractivity contribution < 1.29 is 19.3 Å². The third-order valence-electron chi connectivity index (χ3n) is 3.50. The number of halogens is 1. The number of aliphatic hydroxyl groups is 2. The fourth-order valence-electron chi connectivity index (χ4n) is 2.20. The van der Waals surface area contributed by atoms with E-state index < -0.39 is 24.6 Å². The first kappa shape index (κ1) is 16.3. The Balaban J connectivity index is 2.56. The number of hydrogen-bond acceptors (Lipinski definition) is 8. The number of fused-ring (bicyclic) bond motifs is 1. The normalized spacial score (nSPS) is 17.2. The summed E-state index contributed by atoms with van der Waals surface area (Å²) in [7, 11) is 2.89. The number of aliphatic hydroxyl groups excluding tert-OH is 2. The van der Waals surface area contributed by atoms with E-state index in [9.17, 15) is 5.11 Å². The Kier molecular flexibility index (Phi) is 4.44. The number of hydrogen-bond donors (Lipinski definition) is 4. The number of nitrogens with one attached hydrogen (secondary N) is 1. The van der Waals surface area contributed by atoms with E-state index in [1.807, 2.05) is 0 Å². The maximum atomic E-state index is 15.1. The second-order valence-corrected chi connectivity index (χ2v) is 4.89. The third kappa shape index (κ3) is 2.56. The van der Waals surface area contributed by atoms with Crippen molar-refractivity contribution in [1.29, 1.82) is 0 Å². The molecule has 122 valence electrons. The fraction of sp³-hybridized carbons (Fsp3) is 0.583. The summed E-state index contributed by atoms with van der Waals surface area (Å²) in [6.07, 6.45) is -1.56. The molecule has 2 aromatic rings. The van der Waals surface area contributed by atoms with E-state index in [1.165, 1.54) is 13.4 Å². The molecule has 0 fully saturated rings. The van der Waals surface area contributed by atoms with Crippen molar-refractivity contribution in [2.24, 2.45) is 0 Å². The highest BCUT2D eigenvalue weighted by Gasteiger charge is 2.41. The van der Waals surface area contributed by atoms with Crippen LogP contribution in [-0.2, 0) is 10.5 Å². The van der Waals surface area contributed by atoms with Crippen LogP contribution in [0, 0.1) is 0 Å². The van der Waals surface area contributed by atoms with Crippen molar-refractivity contribution in [2.45, 2.75) is 24.9 Å². The predicted octanol–water partition coefficient (Wildman–Crippen LogP) is -0.539. The lowest BCUT2D eigenvalue weighted by atomic mass is 10.0. The van der Waals surface area contributed by atoms with Crippen molar-refractivity contribution in [2.75, 3.05) is 31.8 Å². The molecule has 0 spiro atoms. The average molecular weight is 314 g/mol. The Bertz CT molecular complexity index is 658. The maximum Gasteiger partial charge on any atom is 0.224 e. The standard InChI is InChI=1S/C12H19FN6O3/c1-12(13,8(21)6(4-20)22-3)19-5-16-7-9(15-2)17-11(14)18-10(7)19/h5-6,8,20-21H,4H2,1-3H3,(H3,14,15,17,18)/t6?,8-,12+/m1/s1. The van der Waals surface area contributed by atoms with E-state index in [-0.39, 0.29) is 11.6 Å². The van der Waals surface area contributed by atoms with Gasteiger partial charge in [-0.3, -0.25) is 4.57 Å². The first-order valence-electron chi connectivity index (χ1n) is 6.56. The summed E-state index contributed by atoms with van der Waals surface area (Å²) in [4.78, 5) is 12.0. The number of nitrogen functional groups attached to an aromatic ring is 1. The molecule has 2 aromatic heterocycles. The van der Waals surface area contributed by atoms with Gasteiger partial charge in [0.25, 0.3) is 0 Å². The Hall–Kier alpha value is -2.04. The van der Waals surface area contributed by atoms with Gasteiger partial charge in [0.1, 0.15) is 12.2 Å². The van der Waals surface area contributed by atoms with Crippen LogP contribution in [-0.4, -0.2) is 62.7 Å². The van der Waals surface area contributed by atoms with Gasteiger partial charge in [-0.2, -0.15) is 9.97 Å². The lowest BCUT2D eigenvalue weighted by molar-refractivity contribution is -0.135. The molecule has 0 bridgehead atoms. The summed E-state index contributed by atoms with van der Waals surface area (Å²) in [5.41, 5.74) is 6.04. The smallest absolute Gasteiger partial charge is 0.224 e. The monoisotopic (exact) mass is 314 g/mol. The lowest BCUT2D eigenvalue weighted by Crippen LogP contribution is -2.47. The van der Waals surface area contributed by atoms with Gasteiger partial charge >= 0.3 is 0 Å². The number of ether oxygens (including phenoxy) is 1. The van der Waals surface area contributed by atoms with Crippen molar-refractivity contribution in [3.05, 3.63) is 6.33 Å². The molecule has 0 aliphatic carbocycles. The number of imidazole rings is 1. The van der Waals surface area contributed by atoms with E-state index in [0.717, 1.165) is 11.5 Å². The van der Waals surface area contributed by atoms with Crippen LogP contribution >= 0.6 is 0 Å². The molecular weight excluding hydrogens is 295 g/mol. The van der Waals surface area contributed by atoms with Crippen LogP contribution in [0.5, 0.6) is 0 Å². The van der Waals surface area contributed by atoms with Gasteiger partial charge in [0, 0.05) is 14.2 Å². The molecule has 2 rings (SSSR count). The lowest BCUT2D eigenvalue weighted by Gasteiger charge is -2.32. The first-order valence-corrected chi connectivity index (χ1v) is 6.56. The van der Waals surface area contributed by atoms with Crippen LogP contribution in [0.1, 0.15) is 6.92 Å². The topological polar surface area (TPSA) is 131 Å². The van der Waals surface area contributed by atoms with Crippen LogP contribution in [0.25, 0.3) is 11.2 Å². The zero-order valence-corrected chi connectivity index (χ0v) is 12.5. The minimum Gasteiger partial charge on any atom is -0.394 e. The molecule has 0 saturated heterocycles. The minimum atomic E-state index is -2.33. The van der Waals surface area contributed by atoms with Crippen molar-refractivity contribution in [3.63, 3.8) is 0 Å². The molecule has 9 nitrogen and oxygen atoms in total. The molecular formula is C12H19FN6O3. The largest absolute Gasteiger partial charge is 0.394 e. The Morgan fingerprint density at radius 1 is 1.55 bits per heavy atom. The van der Waals surface area contributed by atoms with Crippen molar-refractivity contribution in [3.8, 4) is 0 Å². The molecule has 0 aromatic carbocycles. The van der Waals surface area contributed by atoms with Crippen LogP contribution in [0.15, 0.2) is 6.33 Å². The van der Waals surface area contributed by atoms with Crippen LogP contribution in [0.3, 0.4) is 0 Å². The zero-order chi connectivity index (χ0) is 16.5. The van der Waals surface area contributed by atoms with Gasteiger partial charge in [-0.05, 0) is 6.92 Å². The molecule has 22 heavy (non-hydrogen) atoms. The Morgan fingerprint density at radius 2 is 2.23 bits per heavy atom. The molecule has 0 radical (unpaired) electrons. The van der Waals surface area contributed by atoms with Gasteiger partial charge in [0.15, 0.2) is 17.0 Å². The molecule has 10 heteroatoms. The molecule has 1 unspecified atom stereocenters. The van der Waals surface area contributed by atoms with E-state index in [0.29, 0.717) is 11.3 Å². The molecule has 3 atom stereocenters. The number of alkyl halides is 1. The van der Waals surface area contributed by atoms with Gasteiger partial charge in [0.05, 0.1) is 12.9 Å². The Labute approximate surface area is 126 Å². The average Bonchev–Trinajstić information content (AvgIpc) is 2.91. The summed E-state index contributed by atoms with van der Waals surface area (Å²) in [6.45, 7) is 0.598. The molecule has 0 aliphatic heterocycles. The molecule has 0 saturated carbocycles. The SMILES string of the molecule is CNc1nc(N)nc2c1ncn2[C@](C)(F)[C@H](O)C(CO)OC. The van der Waals surface area contributed by atoms with Gasteiger partial charge in [-0.25, -0.2) is 9.37 Å². The second kappa shape index (κ2) is 5.99. The number of methoxy groups -OCH3 is 1. The highest BCUT2D eigenvalue weighted by molar-refractivity contribution is 5.84. The van der Waals surface area contributed by atoms with Crippen LogP contribution < -0.4 is 11.1 Å². The minimum absolute atomic E-state index is 0.0608. The summed E-state index contributed by atoms with van der Waals surface area (Å²) in [5.74, 6) is -2.05. The summed E-state index contributed by atoms with van der Waals surface area (Å²) >= 11 is 0. The highest BCUT2D eigenvalue weighted by Crippen LogP contribution is 2.30. The number of anilines is 2. The first-order chi connectivity index (χ1) is 10.4. The van der Waals surface area contributed by atoms with Crippen LogP contribution in [0.4, 0.5) is 16.2 Å². The Morgan fingerprint density at radius 3 is 2.77 bits per heavy atom. The van der Waals surface area contributed by atoms with E-state index in [2.05, 4.69) is 20.3 Å². The van der Waals surface area contributed by atoms with E-state index >= 15 is 4.39 Å². The molecule has 2 heterocycles. The summed E-state index contributed by atoms with van der Waals surface area (Å²) < 4.78 is 21.0. The maximum absolute atomic E-state index is 15.1. The highest BCUT2D eigenvalue weighted by atomic mass is 19.1.